The first-order chi connectivity index (χ1) is 6.13. The van der Waals surface area contributed by atoms with Crippen LogP contribution in [0.1, 0.15) is 20.3 Å². The molecule has 1 atom stereocenters. The molecule has 13 heavy (non-hydrogen) atoms. The highest BCUT2D eigenvalue weighted by Crippen LogP contribution is 2.24. The predicted molar refractivity (Wildman–Crippen MR) is 56.2 cm³/mol. The summed E-state index contributed by atoms with van der Waals surface area (Å²) in [5.74, 6) is 0.772. The molecule has 1 aromatic rings. The van der Waals surface area contributed by atoms with Gasteiger partial charge in [-0.3, -0.25) is 0 Å². The molecule has 72 valence electrons. The van der Waals surface area contributed by atoms with E-state index in [1.54, 1.807) is 12.1 Å². The molecule has 0 fully saturated rings. The zero-order valence-electron chi connectivity index (χ0n) is 7.88. The van der Waals surface area contributed by atoms with Gasteiger partial charge >= 0.3 is 0 Å². The molecule has 2 N–H and O–H groups in total. The van der Waals surface area contributed by atoms with E-state index >= 15 is 0 Å². The number of ether oxygens (including phenoxy) is 1. The van der Waals surface area contributed by atoms with E-state index < -0.39 is 0 Å². The average molecular weight is 200 g/mol. The van der Waals surface area contributed by atoms with Crippen molar-refractivity contribution >= 4 is 17.3 Å². The molecular formula is C10H14ClNO. The van der Waals surface area contributed by atoms with Gasteiger partial charge in [-0.1, -0.05) is 18.5 Å². The summed E-state index contributed by atoms with van der Waals surface area (Å²) in [6.07, 6.45) is 1.18. The fourth-order valence-electron chi connectivity index (χ4n) is 0.897. The molecule has 1 rings (SSSR count). The van der Waals surface area contributed by atoms with Crippen LogP contribution in [0.2, 0.25) is 5.02 Å². The number of benzene rings is 1. The third kappa shape index (κ3) is 2.81. The van der Waals surface area contributed by atoms with E-state index in [2.05, 4.69) is 6.92 Å². The van der Waals surface area contributed by atoms with E-state index in [0.29, 0.717) is 10.7 Å². The average Bonchev–Trinajstić information content (AvgIpc) is 2.11. The smallest absolute Gasteiger partial charge is 0.121 e. The Kier molecular flexibility index (Phi) is 3.43. The molecule has 0 aliphatic carbocycles. The van der Waals surface area contributed by atoms with Gasteiger partial charge in [0.25, 0.3) is 0 Å². The van der Waals surface area contributed by atoms with Crippen molar-refractivity contribution in [2.45, 2.75) is 26.4 Å². The van der Waals surface area contributed by atoms with Crippen molar-refractivity contribution in [3.05, 3.63) is 23.2 Å². The monoisotopic (exact) mass is 199 g/mol. The van der Waals surface area contributed by atoms with E-state index in [-0.39, 0.29) is 6.10 Å². The Morgan fingerprint density at radius 1 is 1.54 bits per heavy atom. The number of rotatable bonds is 3. The molecule has 0 heterocycles. The van der Waals surface area contributed by atoms with Gasteiger partial charge in [-0.25, -0.2) is 0 Å². The summed E-state index contributed by atoms with van der Waals surface area (Å²) < 4.78 is 5.56. The Hall–Kier alpha value is -0.890. The quantitative estimate of drug-likeness (QED) is 0.760. The minimum absolute atomic E-state index is 0.208. The molecule has 0 amide bonds. The highest BCUT2D eigenvalue weighted by atomic mass is 35.5. The lowest BCUT2D eigenvalue weighted by Gasteiger charge is -2.12. The maximum absolute atomic E-state index is 5.84. The molecule has 1 aromatic carbocycles. The van der Waals surface area contributed by atoms with E-state index in [4.69, 9.17) is 22.1 Å². The van der Waals surface area contributed by atoms with Crippen LogP contribution in [-0.2, 0) is 0 Å². The van der Waals surface area contributed by atoms with Crippen LogP contribution < -0.4 is 10.5 Å². The van der Waals surface area contributed by atoms with Crippen molar-refractivity contribution in [2.24, 2.45) is 0 Å². The molecule has 0 saturated carbocycles. The number of nitrogens with two attached hydrogens (primary N) is 1. The van der Waals surface area contributed by atoms with Crippen LogP contribution in [0.5, 0.6) is 5.75 Å². The number of hydrogen-bond donors (Lipinski definition) is 1. The van der Waals surface area contributed by atoms with Crippen molar-refractivity contribution in [1.82, 2.24) is 0 Å². The Morgan fingerprint density at radius 2 is 2.23 bits per heavy atom. The minimum atomic E-state index is 0.208. The second-order valence-corrected chi connectivity index (χ2v) is 3.43. The van der Waals surface area contributed by atoms with Crippen LogP contribution in [0.25, 0.3) is 0 Å². The summed E-state index contributed by atoms with van der Waals surface area (Å²) in [6, 6.07) is 5.32. The van der Waals surface area contributed by atoms with Gasteiger partial charge < -0.3 is 10.5 Å². The molecule has 0 aliphatic heterocycles. The van der Waals surface area contributed by atoms with E-state index in [1.807, 2.05) is 13.0 Å². The first kappa shape index (κ1) is 10.2. The zero-order chi connectivity index (χ0) is 9.84. The molecule has 0 spiro atoms. The van der Waals surface area contributed by atoms with Gasteiger partial charge in [0, 0.05) is 6.07 Å². The van der Waals surface area contributed by atoms with Crippen molar-refractivity contribution in [3.8, 4) is 5.75 Å². The zero-order valence-corrected chi connectivity index (χ0v) is 8.64. The number of hydrogen-bond acceptors (Lipinski definition) is 2. The van der Waals surface area contributed by atoms with Crippen LogP contribution in [-0.4, -0.2) is 6.10 Å². The third-order valence-electron chi connectivity index (χ3n) is 1.88. The summed E-state index contributed by atoms with van der Waals surface area (Å²) in [4.78, 5) is 0. The fourth-order valence-corrected chi connectivity index (χ4v) is 1.07. The van der Waals surface area contributed by atoms with Gasteiger partial charge in [0.2, 0.25) is 0 Å². The van der Waals surface area contributed by atoms with Gasteiger partial charge in [0.05, 0.1) is 16.8 Å². The number of nitrogen functional groups attached to an aromatic ring is 1. The molecule has 1 unspecified atom stereocenters. The molecule has 2 nitrogen and oxygen atoms in total. The second kappa shape index (κ2) is 4.38. The summed E-state index contributed by atoms with van der Waals surface area (Å²) in [7, 11) is 0. The maximum atomic E-state index is 5.84. The first-order valence-corrected chi connectivity index (χ1v) is 4.73. The van der Waals surface area contributed by atoms with Crippen LogP contribution in [0, 0.1) is 0 Å². The lowest BCUT2D eigenvalue weighted by atomic mass is 10.3. The lowest BCUT2D eigenvalue weighted by Crippen LogP contribution is -2.09. The van der Waals surface area contributed by atoms with Crippen LogP contribution in [0.4, 0.5) is 5.69 Å². The largest absolute Gasteiger partial charge is 0.491 e. The summed E-state index contributed by atoms with van der Waals surface area (Å²) in [6.45, 7) is 4.09. The Bertz CT molecular complexity index is 288. The van der Waals surface area contributed by atoms with Crippen molar-refractivity contribution in [1.29, 1.82) is 0 Å². The van der Waals surface area contributed by atoms with Gasteiger partial charge in [-0.2, -0.15) is 0 Å². The molecule has 0 aromatic heterocycles. The highest BCUT2D eigenvalue weighted by molar-refractivity contribution is 6.33. The molecule has 0 radical (unpaired) electrons. The summed E-state index contributed by atoms with van der Waals surface area (Å²) in [5, 5.41) is 0.542. The van der Waals surface area contributed by atoms with Gasteiger partial charge in [-0.05, 0) is 25.5 Å². The Labute approximate surface area is 83.6 Å². The number of anilines is 1. The van der Waals surface area contributed by atoms with Crippen molar-refractivity contribution in [3.63, 3.8) is 0 Å². The number of halogens is 1. The molecule has 3 heteroatoms. The SMILES string of the molecule is CCC(C)Oc1ccc(N)c(Cl)c1. The molecule has 0 saturated heterocycles. The van der Waals surface area contributed by atoms with Crippen LogP contribution in [0.15, 0.2) is 18.2 Å². The fraction of sp³-hybridized carbons (Fsp3) is 0.400. The van der Waals surface area contributed by atoms with Crippen LogP contribution >= 0.6 is 11.6 Å². The van der Waals surface area contributed by atoms with Crippen molar-refractivity contribution in [2.75, 3.05) is 5.73 Å². The molecular weight excluding hydrogens is 186 g/mol. The normalized spacial score (nSPS) is 12.5. The standard InChI is InChI=1S/C10H14ClNO/c1-3-7(2)13-8-4-5-10(12)9(11)6-8/h4-7H,3,12H2,1-2H3. The van der Waals surface area contributed by atoms with Crippen molar-refractivity contribution < 1.29 is 4.74 Å². The van der Waals surface area contributed by atoms with Crippen LogP contribution in [0.3, 0.4) is 0 Å². The third-order valence-corrected chi connectivity index (χ3v) is 2.21. The Morgan fingerprint density at radius 3 is 2.77 bits per heavy atom. The topological polar surface area (TPSA) is 35.2 Å². The summed E-state index contributed by atoms with van der Waals surface area (Å²) >= 11 is 5.84. The van der Waals surface area contributed by atoms with Gasteiger partial charge in [-0.15, -0.1) is 0 Å². The van der Waals surface area contributed by atoms with E-state index in [1.165, 1.54) is 0 Å². The predicted octanol–water partition coefficient (Wildman–Crippen LogP) is 3.10. The van der Waals surface area contributed by atoms with E-state index in [9.17, 15) is 0 Å². The minimum Gasteiger partial charge on any atom is -0.491 e. The highest BCUT2D eigenvalue weighted by Gasteiger charge is 2.02. The maximum Gasteiger partial charge on any atom is 0.121 e. The second-order valence-electron chi connectivity index (χ2n) is 3.02. The molecule has 0 aliphatic rings. The first-order valence-electron chi connectivity index (χ1n) is 4.35. The lowest BCUT2D eigenvalue weighted by molar-refractivity contribution is 0.217. The molecule has 0 bridgehead atoms. The van der Waals surface area contributed by atoms with Gasteiger partial charge in [0.1, 0.15) is 5.75 Å². The van der Waals surface area contributed by atoms with E-state index in [0.717, 1.165) is 12.2 Å². The Balaban J connectivity index is 2.73. The van der Waals surface area contributed by atoms with Gasteiger partial charge in [0.15, 0.2) is 0 Å². The summed E-state index contributed by atoms with van der Waals surface area (Å²) in [5.41, 5.74) is 6.15.